The molecule has 0 atom stereocenters. The van der Waals surface area contributed by atoms with Gasteiger partial charge in [0.05, 0.1) is 16.5 Å². The van der Waals surface area contributed by atoms with E-state index in [1.807, 2.05) is 24.3 Å². The molecule has 2 aromatic rings. The molecule has 1 saturated heterocycles. The van der Waals surface area contributed by atoms with Crippen molar-refractivity contribution >= 4 is 44.9 Å². The molecule has 0 aliphatic carbocycles. The molecule has 1 aliphatic heterocycles. The third-order valence-electron chi connectivity index (χ3n) is 3.97. The van der Waals surface area contributed by atoms with Crippen LogP contribution in [0.4, 0.5) is 4.79 Å². The van der Waals surface area contributed by atoms with Crippen LogP contribution in [0.15, 0.2) is 51.8 Å². The number of ether oxygens (including phenoxy) is 1. The van der Waals surface area contributed by atoms with Crippen LogP contribution in [0.25, 0.3) is 6.08 Å². The Labute approximate surface area is 169 Å². The Morgan fingerprint density at radius 1 is 1.26 bits per heavy atom. The highest BCUT2D eigenvalue weighted by Gasteiger charge is 2.33. The number of halogens is 1. The van der Waals surface area contributed by atoms with Crippen LogP contribution in [0.5, 0.6) is 5.75 Å². The third kappa shape index (κ3) is 4.24. The van der Waals surface area contributed by atoms with E-state index < -0.39 is 0 Å². The lowest BCUT2D eigenvalue weighted by atomic mass is 10.1. The van der Waals surface area contributed by atoms with E-state index in [1.54, 1.807) is 31.2 Å². The predicted molar refractivity (Wildman–Crippen MR) is 108 cm³/mol. The number of thioether (sulfide) groups is 1. The van der Waals surface area contributed by atoms with Crippen LogP contribution in [0.2, 0.25) is 0 Å². The summed E-state index contributed by atoms with van der Waals surface area (Å²) in [6.45, 7) is 2.33. The molecule has 0 bridgehead atoms. The van der Waals surface area contributed by atoms with Crippen LogP contribution in [0.3, 0.4) is 0 Å². The molecule has 0 N–H and O–H groups in total. The molecular formula is C20H15BrN2O3S. The molecule has 136 valence electrons. The summed E-state index contributed by atoms with van der Waals surface area (Å²) in [5.74, 6) is 0.266. The van der Waals surface area contributed by atoms with Crippen molar-refractivity contribution in [2.75, 3.05) is 6.54 Å². The molecule has 0 saturated carbocycles. The molecule has 7 heteroatoms. The average Bonchev–Trinajstić information content (AvgIpc) is 2.94. The normalized spacial score (nSPS) is 15.3. The number of likely N-dealkylation sites (N-methyl/N-ethyl adjacent to an activating group) is 1. The lowest BCUT2D eigenvalue weighted by molar-refractivity contribution is -0.122. The summed E-state index contributed by atoms with van der Waals surface area (Å²) in [5.41, 5.74) is 2.01. The molecule has 0 radical (unpaired) electrons. The third-order valence-corrected chi connectivity index (χ3v) is 5.37. The van der Waals surface area contributed by atoms with Gasteiger partial charge in [0.1, 0.15) is 12.4 Å². The molecular weight excluding hydrogens is 428 g/mol. The Bertz CT molecular complexity index is 981. The van der Waals surface area contributed by atoms with Crippen LogP contribution in [0, 0.1) is 11.3 Å². The number of carbonyl (C=O) groups is 2. The minimum atomic E-state index is -0.298. The number of hydrogen-bond acceptors (Lipinski definition) is 5. The Morgan fingerprint density at radius 2 is 2.04 bits per heavy atom. The fourth-order valence-corrected chi connectivity index (χ4v) is 3.86. The van der Waals surface area contributed by atoms with E-state index in [9.17, 15) is 14.9 Å². The monoisotopic (exact) mass is 442 g/mol. The van der Waals surface area contributed by atoms with E-state index in [2.05, 4.69) is 22.0 Å². The molecule has 1 fully saturated rings. The molecule has 1 heterocycles. The van der Waals surface area contributed by atoms with Crippen LogP contribution in [-0.2, 0) is 11.4 Å². The summed E-state index contributed by atoms with van der Waals surface area (Å²) < 4.78 is 6.74. The number of imide groups is 1. The summed E-state index contributed by atoms with van der Waals surface area (Å²) >= 11 is 4.34. The van der Waals surface area contributed by atoms with Crippen LogP contribution < -0.4 is 4.74 Å². The predicted octanol–water partition coefficient (Wildman–Crippen LogP) is 4.96. The number of amides is 2. The topological polar surface area (TPSA) is 70.4 Å². The van der Waals surface area contributed by atoms with E-state index in [-0.39, 0.29) is 17.8 Å². The van der Waals surface area contributed by atoms with Crippen LogP contribution in [0.1, 0.15) is 23.6 Å². The lowest BCUT2D eigenvalue weighted by Crippen LogP contribution is -2.27. The second kappa shape index (κ2) is 8.42. The molecule has 2 amide bonds. The second-order valence-electron chi connectivity index (χ2n) is 5.67. The van der Waals surface area contributed by atoms with E-state index in [0.717, 1.165) is 21.8 Å². The Hall–Kier alpha value is -2.56. The first-order chi connectivity index (χ1) is 13.0. The van der Waals surface area contributed by atoms with Gasteiger partial charge in [-0.25, -0.2) is 0 Å². The van der Waals surface area contributed by atoms with E-state index in [4.69, 9.17) is 4.74 Å². The maximum atomic E-state index is 12.3. The van der Waals surface area contributed by atoms with Gasteiger partial charge >= 0.3 is 0 Å². The van der Waals surface area contributed by atoms with Crippen molar-refractivity contribution in [2.24, 2.45) is 0 Å². The molecule has 0 spiro atoms. The van der Waals surface area contributed by atoms with Crippen molar-refractivity contribution in [3.8, 4) is 11.8 Å². The zero-order chi connectivity index (χ0) is 19.4. The SMILES string of the molecule is CCN1C(=O)S/C(=C/c2cc(Br)ccc2OCc2ccccc2C#N)C1=O. The fourth-order valence-electron chi connectivity index (χ4n) is 2.59. The number of rotatable bonds is 5. The van der Waals surface area contributed by atoms with Crippen LogP contribution >= 0.6 is 27.7 Å². The maximum absolute atomic E-state index is 12.3. The number of nitrogens with zero attached hydrogens (tertiary/aromatic N) is 2. The summed E-state index contributed by atoms with van der Waals surface area (Å²) in [4.78, 5) is 25.8. The largest absolute Gasteiger partial charge is 0.488 e. The van der Waals surface area contributed by atoms with Crippen LogP contribution in [-0.4, -0.2) is 22.6 Å². The van der Waals surface area contributed by atoms with Gasteiger partial charge in [-0.3, -0.25) is 14.5 Å². The van der Waals surface area contributed by atoms with Crippen molar-refractivity contribution in [2.45, 2.75) is 13.5 Å². The molecule has 0 unspecified atom stereocenters. The van der Waals surface area contributed by atoms with Gasteiger partial charge in [-0.2, -0.15) is 5.26 Å². The van der Waals surface area contributed by atoms with Gasteiger partial charge in [0.15, 0.2) is 0 Å². The van der Waals surface area contributed by atoms with Crippen molar-refractivity contribution in [1.29, 1.82) is 5.26 Å². The molecule has 27 heavy (non-hydrogen) atoms. The molecule has 0 aromatic heterocycles. The van der Waals surface area contributed by atoms with Crippen molar-refractivity contribution < 1.29 is 14.3 Å². The smallest absolute Gasteiger partial charge is 0.293 e. The molecule has 1 aliphatic rings. The summed E-state index contributed by atoms with van der Waals surface area (Å²) in [7, 11) is 0. The van der Waals surface area contributed by atoms with Gasteiger partial charge in [0.25, 0.3) is 11.1 Å². The number of benzene rings is 2. The van der Waals surface area contributed by atoms with Gasteiger partial charge in [-0.1, -0.05) is 34.1 Å². The van der Waals surface area contributed by atoms with Gasteiger partial charge in [0.2, 0.25) is 0 Å². The first-order valence-corrected chi connectivity index (χ1v) is 9.80. The molecule has 2 aromatic carbocycles. The highest BCUT2D eigenvalue weighted by molar-refractivity contribution is 9.10. The first-order valence-electron chi connectivity index (χ1n) is 8.19. The summed E-state index contributed by atoms with van der Waals surface area (Å²) in [5, 5.41) is 8.93. The van der Waals surface area contributed by atoms with Gasteiger partial charge in [-0.05, 0) is 49.0 Å². The number of carbonyl (C=O) groups excluding carboxylic acids is 2. The van der Waals surface area contributed by atoms with Gasteiger partial charge < -0.3 is 4.74 Å². The summed E-state index contributed by atoms with van der Waals surface area (Å²) in [6.07, 6.45) is 1.66. The maximum Gasteiger partial charge on any atom is 0.293 e. The zero-order valence-electron chi connectivity index (χ0n) is 14.4. The number of hydrogen-bond donors (Lipinski definition) is 0. The van der Waals surface area contributed by atoms with E-state index in [1.165, 1.54) is 4.90 Å². The number of nitriles is 1. The fraction of sp³-hybridized carbons (Fsp3) is 0.150. The van der Waals surface area contributed by atoms with Gasteiger partial charge in [-0.15, -0.1) is 0 Å². The Balaban J connectivity index is 1.88. The van der Waals surface area contributed by atoms with Crippen molar-refractivity contribution in [3.05, 3.63) is 68.5 Å². The first kappa shape index (κ1) is 19.2. The molecule has 3 rings (SSSR count). The highest BCUT2D eigenvalue weighted by atomic mass is 79.9. The quantitative estimate of drug-likeness (QED) is 0.612. The minimum absolute atomic E-state index is 0.225. The Morgan fingerprint density at radius 3 is 2.74 bits per heavy atom. The van der Waals surface area contributed by atoms with E-state index >= 15 is 0 Å². The second-order valence-corrected chi connectivity index (χ2v) is 7.57. The standard InChI is InChI=1S/C20H15BrN2O3S/c1-2-23-19(24)18(27-20(23)25)10-15-9-16(21)7-8-17(15)26-12-14-6-4-3-5-13(14)11-22/h3-10H,2,12H2,1H3/b18-10+. The molecule has 5 nitrogen and oxygen atoms in total. The van der Waals surface area contributed by atoms with Crippen molar-refractivity contribution in [3.63, 3.8) is 0 Å². The highest BCUT2D eigenvalue weighted by Crippen LogP contribution is 2.35. The lowest BCUT2D eigenvalue weighted by Gasteiger charge is -2.11. The van der Waals surface area contributed by atoms with Crippen molar-refractivity contribution in [1.82, 2.24) is 4.90 Å². The Kier molecular flexibility index (Phi) is 5.99. The zero-order valence-corrected chi connectivity index (χ0v) is 16.8. The average molecular weight is 443 g/mol. The summed E-state index contributed by atoms with van der Waals surface area (Å²) in [6, 6.07) is 14.8. The van der Waals surface area contributed by atoms with Gasteiger partial charge in [0, 0.05) is 22.1 Å². The minimum Gasteiger partial charge on any atom is -0.488 e. The van der Waals surface area contributed by atoms with E-state index in [0.29, 0.717) is 28.3 Å².